The van der Waals surface area contributed by atoms with Crippen molar-refractivity contribution < 1.29 is 9.53 Å². The highest BCUT2D eigenvalue weighted by Crippen LogP contribution is 2.34. The van der Waals surface area contributed by atoms with E-state index in [0.29, 0.717) is 30.5 Å². The van der Waals surface area contributed by atoms with E-state index in [1.165, 1.54) is 12.0 Å². The Morgan fingerprint density at radius 1 is 0.964 bits per heavy atom. The van der Waals surface area contributed by atoms with Crippen LogP contribution >= 0.6 is 0 Å². The molecule has 0 saturated carbocycles. The lowest BCUT2D eigenvalue weighted by Crippen LogP contribution is -2.51. The fourth-order valence-corrected chi connectivity index (χ4v) is 5.65. The van der Waals surface area contributed by atoms with Gasteiger partial charge in [-0.05, 0) is 37.2 Å². The summed E-state index contributed by atoms with van der Waals surface area (Å²) in [4.78, 5) is 18.5. The molecule has 2 N–H and O–H groups in total. The van der Waals surface area contributed by atoms with E-state index in [0.717, 1.165) is 52.1 Å². The van der Waals surface area contributed by atoms with E-state index in [4.69, 9.17) is 4.74 Å². The molecular formula is C22H32N4O2. The summed E-state index contributed by atoms with van der Waals surface area (Å²) in [5.74, 6) is 0.913. The molecule has 5 aliphatic heterocycles. The van der Waals surface area contributed by atoms with E-state index in [2.05, 4.69) is 44.9 Å². The lowest BCUT2D eigenvalue weighted by Gasteiger charge is -2.39. The van der Waals surface area contributed by atoms with Gasteiger partial charge in [-0.3, -0.25) is 15.1 Å². The van der Waals surface area contributed by atoms with Crippen LogP contribution in [0.15, 0.2) is 30.3 Å². The molecule has 6 heteroatoms. The molecule has 28 heavy (non-hydrogen) atoms. The molecule has 0 radical (unpaired) electrons. The Kier molecular flexibility index (Phi) is 5.37. The number of hydrazine groups is 1. The number of carbonyl (C=O) groups is 1. The van der Waals surface area contributed by atoms with Crippen molar-refractivity contribution in [3.63, 3.8) is 0 Å². The second-order valence-corrected chi connectivity index (χ2v) is 8.91. The molecule has 152 valence electrons. The molecule has 5 aliphatic rings. The Labute approximate surface area is 167 Å². The predicted molar refractivity (Wildman–Crippen MR) is 107 cm³/mol. The van der Waals surface area contributed by atoms with E-state index in [-0.39, 0.29) is 12.0 Å². The van der Waals surface area contributed by atoms with Crippen molar-refractivity contribution in [1.82, 2.24) is 20.7 Å². The molecule has 5 saturated heterocycles. The Balaban J connectivity index is 1.31. The van der Waals surface area contributed by atoms with Crippen molar-refractivity contribution in [1.29, 1.82) is 0 Å². The van der Waals surface area contributed by atoms with Crippen LogP contribution in [-0.2, 0) is 9.53 Å². The van der Waals surface area contributed by atoms with Gasteiger partial charge >= 0.3 is 0 Å². The molecule has 6 rings (SSSR count). The standard InChI is InChI=1S/C22H32N4O2/c27-22(20-12-23-24-21(20)17-4-2-1-3-5-17)26-14-16-6-7-19(26)15-25(13-16)18-8-10-28-11-9-18/h1-5,16,18-21,23-24H,6-15H2/t16-,19+,20?,21?/m0/s1. The summed E-state index contributed by atoms with van der Waals surface area (Å²) >= 11 is 0. The number of rotatable bonds is 3. The second kappa shape index (κ2) is 8.11. The summed E-state index contributed by atoms with van der Waals surface area (Å²) in [5, 5.41) is 0. The highest BCUT2D eigenvalue weighted by atomic mass is 16.5. The number of hydrogen-bond acceptors (Lipinski definition) is 5. The average molecular weight is 385 g/mol. The number of carbonyl (C=O) groups excluding carboxylic acids is 1. The van der Waals surface area contributed by atoms with Crippen molar-refractivity contribution in [3.05, 3.63) is 35.9 Å². The van der Waals surface area contributed by atoms with Gasteiger partial charge in [0.25, 0.3) is 0 Å². The van der Waals surface area contributed by atoms with E-state index in [9.17, 15) is 4.79 Å². The first kappa shape index (κ1) is 18.6. The normalized spacial score (nSPS) is 34.5. The smallest absolute Gasteiger partial charge is 0.229 e. The molecule has 5 fully saturated rings. The number of hydrogen-bond donors (Lipinski definition) is 2. The fraction of sp³-hybridized carbons (Fsp3) is 0.682. The Morgan fingerprint density at radius 2 is 1.79 bits per heavy atom. The van der Waals surface area contributed by atoms with Gasteiger partial charge in [0.15, 0.2) is 0 Å². The molecule has 5 heterocycles. The highest BCUT2D eigenvalue weighted by Gasteiger charge is 2.43. The van der Waals surface area contributed by atoms with Gasteiger partial charge in [0.1, 0.15) is 0 Å². The van der Waals surface area contributed by atoms with Crippen molar-refractivity contribution in [2.45, 2.75) is 43.8 Å². The second-order valence-electron chi connectivity index (χ2n) is 8.91. The summed E-state index contributed by atoms with van der Waals surface area (Å²) in [5.41, 5.74) is 7.77. The van der Waals surface area contributed by atoms with Crippen LogP contribution in [0.2, 0.25) is 0 Å². The van der Waals surface area contributed by atoms with Crippen LogP contribution in [0.3, 0.4) is 0 Å². The molecule has 1 amide bonds. The summed E-state index contributed by atoms with van der Waals surface area (Å²) in [6, 6.07) is 11.4. The van der Waals surface area contributed by atoms with E-state index < -0.39 is 0 Å². The molecule has 1 aromatic carbocycles. The van der Waals surface area contributed by atoms with Crippen LogP contribution in [0, 0.1) is 11.8 Å². The third-order valence-electron chi connectivity index (χ3n) is 7.19. The number of amides is 1. The molecule has 4 atom stereocenters. The van der Waals surface area contributed by atoms with Crippen molar-refractivity contribution in [2.75, 3.05) is 39.4 Å². The maximum Gasteiger partial charge on any atom is 0.229 e. The topological polar surface area (TPSA) is 56.8 Å². The number of piperidine rings is 1. The van der Waals surface area contributed by atoms with Gasteiger partial charge in [0, 0.05) is 51.5 Å². The van der Waals surface area contributed by atoms with Crippen molar-refractivity contribution in [2.24, 2.45) is 11.8 Å². The highest BCUT2D eigenvalue weighted by molar-refractivity contribution is 5.81. The quantitative estimate of drug-likeness (QED) is 0.828. The first-order chi connectivity index (χ1) is 13.8. The van der Waals surface area contributed by atoms with Gasteiger partial charge in [0.2, 0.25) is 5.91 Å². The summed E-state index contributed by atoms with van der Waals surface area (Å²) in [7, 11) is 0. The minimum Gasteiger partial charge on any atom is -0.381 e. The molecule has 6 nitrogen and oxygen atoms in total. The van der Waals surface area contributed by atoms with E-state index in [1.807, 2.05) is 6.07 Å². The number of nitrogens with one attached hydrogen (secondary N) is 2. The summed E-state index contributed by atoms with van der Waals surface area (Å²) in [6.45, 7) is 5.59. The van der Waals surface area contributed by atoms with Crippen LogP contribution in [0.1, 0.15) is 37.3 Å². The molecule has 0 aromatic heterocycles. The van der Waals surface area contributed by atoms with Gasteiger partial charge < -0.3 is 9.64 Å². The number of benzene rings is 1. The van der Waals surface area contributed by atoms with Crippen LogP contribution < -0.4 is 10.9 Å². The van der Waals surface area contributed by atoms with Gasteiger partial charge in [0.05, 0.1) is 12.0 Å². The monoisotopic (exact) mass is 384 g/mol. The van der Waals surface area contributed by atoms with Crippen LogP contribution in [0.4, 0.5) is 0 Å². The molecule has 2 bridgehead atoms. The lowest BCUT2D eigenvalue weighted by molar-refractivity contribution is -0.139. The summed E-state index contributed by atoms with van der Waals surface area (Å²) in [6.07, 6.45) is 4.69. The number of ether oxygens (including phenoxy) is 1. The van der Waals surface area contributed by atoms with Crippen LogP contribution in [0.5, 0.6) is 0 Å². The lowest BCUT2D eigenvalue weighted by atomic mass is 9.90. The van der Waals surface area contributed by atoms with Crippen LogP contribution in [-0.4, -0.2) is 67.2 Å². The zero-order chi connectivity index (χ0) is 18.9. The molecular weight excluding hydrogens is 352 g/mol. The zero-order valence-corrected chi connectivity index (χ0v) is 16.6. The maximum atomic E-state index is 13.6. The molecule has 1 aromatic rings. The fourth-order valence-electron chi connectivity index (χ4n) is 5.65. The maximum absolute atomic E-state index is 13.6. The van der Waals surface area contributed by atoms with Gasteiger partial charge in [-0.1, -0.05) is 30.3 Å². The SMILES string of the molecule is O=C(C1CNNC1c1ccccc1)N1C[C@H]2CC[C@@H]1CN(C1CCOCC1)C2. The Morgan fingerprint density at radius 3 is 2.61 bits per heavy atom. The zero-order valence-electron chi connectivity index (χ0n) is 16.6. The van der Waals surface area contributed by atoms with Crippen molar-refractivity contribution >= 4 is 5.91 Å². The third kappa shape index (κ3) is 3.59. The first-order valence-electron chi connectivity index (χ1n) is 10.9. The average Bonchev–Trinajstić information content (AvgIpc) is 3.06. The van der Waals surface area contributed by atoms with Crippen molar-refractivity contribution in [3.8, 4) is 0 Å². The van der Waals surface area contributed by atoms with Gasteiger partial charge in [-0.2, -0.15) is 0 Å². The number of nitrogens with zero attached hydrogens (tertiary/aromatic N) is 2. The third-order valence-corrected chi connectivity index (χ3v) is 7.19. The Hall–Kier alpha value is -1.47. The minimum atomic E-state index is -0.0294. The van der Waals surface area contributed by atoms with Gasteiger partial charge in [-0.25, -0.2) is 5.43 Å². The Bertz CT molecular complexity index is 678. The van der Waals surface area contributed by atoms with Crippen LogP contribution in [0.25, 0.3) is 0 Å². The number of fused-ring (bicyclic) bond motifs is 4. The largest absolute Gasteiger partial charge is 0.381 e. The molecule has 2 unspecified atom stereocenters. The van der Waals surface area contributed by atoms with E-state index >= 15 is 0 Å². The first-order valence-corrected chi connectivity index (χ1v) is 10.9. The predicted octanol–water partition coefficient (Wildman–Crippen LogP) is 1.55. The van der Waals surface area contributed by atoms with Gasteiger partial charge in [-0.15, -0.1) is 0 Å². The minimum absolute atomic E-state index is 0.0294. The molecule has 0 aliphatic carbocycles. The molecule has 0 spiro atoms. The van der Waals surface area contributed by atoms with E-state index in [1.54, 1.807) is 0 Å². The summed E-state index contributed by atoms with van der Waals surface area (Å²) < 4.78 is 5.57.